The second-order valence-corrected chi connectivity index (χ2v) is 7.29. The second kappa shape index (κ2) is 8.44. The van der Waals surface area contributed by atoms with Crippen LogP contribution in [-0.4, -0.2) is 49.0 Å². The number of rotatable bonds is 5. The lowest BCUT2D eigenvalue weighted by Gasteiger charge is -2.35. The number of carbonyl (C=O) groups excluding carboxylic acids is 1. The molecule has 3 aromatic rings. The first-order valence-electron chi connectivity index (χ1n) is 9.83. The lowest BCUT2D eigenvalue weighted by atomic mass is 10.0. The van der Waals surface area contributed by atoms with Crippen LogP contribution in [0.5, 0.6) is 5.75 Å². The highest BCUT2D eigenvalue weighted by Crippen LogP contribution is 2.29. The van der Waals surface area contributed by atoms with E-state index < -0.39 is 0 Å². The zero-order valence-corrected chi connectivity index (χ0v) is 16.3. The number of hydrogen-bond donors (Lipinski definition) is 0. The lowest BCUT2D eigenvalue weighted by molar-refractivity contribution is -0.132. The monoisotopic (exact) mass is 374 g/mol. The van der Waals surface area contributed by atoms with Crippen LogP contribution in [0.1, 0.15) is 11.1 Å². The van der Waals surface area contributed by atoms with Gasteiger partial charge < -0.3 is 9.64 Å². The van der Waals surface area contributed by atoms with E-state index in [0.29, 0.717) is 6.42 Å². The van der Waals surface area contributed by atoms with Crippen molar-refractivity contribution < 1.29 is 9.53 Å². The third kappa shape index (κ3) is 4.02. The maximum absolute atomic E-state index is 12.6. The molecule has 1 amide bonds. The Hall–Kier alpha value is -2.85. The maximum atomic E-state index is 12.6. The largest absolute Gasteiger partial charge is 0.496 e. The third-order valence-electron chi connectivity index (χ3n) is 5.52. The van der Waals surface area contributed by atoms with Crippen molar-refractivity contribution in [1.82, 2.24) is 9.80 Å². The molecule has 1 saturated heterocycles. The van der Waals surface area contributed by atoms with Crippen LogP contribution in [0.15, 0.2) is 66.7 Å². The molecule has 0 saturated carbocycles. The Balaban J connectivity index is 1.41. The van der Waals surface area contributed by atoms with Gasteiger partial charge in [-0.05, 0) is 22.4 Å². The van der Waals surface area contributed by atoms with Crippen LogP contribution in [0.4, 0.5) is 0 Å². The number of piperazine rings is 1. The fraction of sp³-hybridized carbons (Fsp3) is 0.292. The van der Waals surface area contributed by atoms with Gasteiger partial charge in [-0.15, -0.1) is 0 Å². The number of hydrogen-bond acceptors (Lipinski definition) is 3. The van der Waals surface area contributed by atoms with Crippen LogP contribution in [0.2, 0.25) is 0 Å². The number of amides is 1. The molecule has 144 valence electrons. The molecule has 0 bridgehead atoms. The number of carbonyl (C=O) groups is 1. The summed E-state index contributed by atoms with van der Waals surface area (Å²) in [6, 6.07) is 22.6. The molecule has 4 heteroatoms. The van der Waals surface area contributed by atoms with Crippen molar-refractivity contribution >= 4 is 16.7 Å². The summed E-state index contributed by atoms with van der Waals surface area (Å²) in [5.41, 5.74) is 2.31. The molecule has 0 atom stereocenters. The van der Waals surface area contributed by atoms with Crippen molar-refractivity contribution in [3.05, 3.63) is 77.9 Å². The molecule has 0 unspecified atom stereocenters. The van der Waals surface area contributed by atoms with Gasteiger partial charge in [0.2, 0.25) is 5.91 Å². The topological polar surface area (TPSA) is 32.8 Å². The zero-order valence-electron chi connectivity index (χ0n) is 16.3. The van der Waals surface area contributed by atoms with Gasteiger partial charge in [-0.3, -0.25) is 9.69 Å². The highest BCUT2D eigenvalue weighted by atomic mass is 16.5. The molecular weight excluding hydrogens is 348 g/mol. The quantitative estimate of drug-likeness (QED) is 0.682. The van der Waals surface area contributed by atoms with E-state index in [1.165, 1.54) is 16.3 Å². The van der Waals surface area contributed by atoms with E-state index in [0.717, 1.165) is 44.0 Å². The average Bonchev–Trinajstić information content (AvgIpc) is 2.75. The maximum Gasteiger partial charge on any atom is 0.227 e. The van der Waals surface area contributed by atoms with Gasteiger partial charge in [-0.2, -0.15) is 0 Å². The van der Waals surface area contributed by atoms with Crippen LogP contribution in [0.25, 0.3) is 10.8 Å². The summed E-state index contributed by atoms with van der Waals surface area (Å²) in [5, 5.41) is 2.47. The Morgan fingerprint density at radius 2 is 1.61 bits per heavy atom. The van der Waals surface area contributed by atoms with Gasteiger partial charge in [0.15, 0.2) is 0 Å². The van der Waals surface area contributed by atoms with Crippen LogP contribution in [-0.2, 0) is 17.8 Å². The van der Waals surface area contributed by atoms with Crippen LogP contribution >= 0.6 is 0 Å². The summed E-state index contributed by atoms with van der Waals surface area (Å²) in [5.74, 6) is 1.15. The molecule has 4 rings (SSSR count). The minimum absolute atomic E-state index is 0.216. The molecular formula is C24H26N2O2. The molecule has 0 radical (unpaired) electrons. The molecule has 1 heterocycles. The zero-order chi connectivity index (χ0) is 19.3. The summed E-state index contributed by atoms with van der Waals surface area (Å²) >= 11 is 0. The van der Waals surface area contributed by atoms with E-state index in [9.17, 15) is 4.79 Å². The number of benzene rings is 3. The fourth-order valence-electron chi connectivity index (χ4n) is 3.93. The van der Waals surface area contributed by atoms with Crippen molar-refractivity contribution in [1.29, 1.82) is 0 Å². The van der Waals surface area contributed by atoms with Crippen LogP contribution < -0.4 is 4.74 Å². The number of nitrogens with zero attached hydrogens (tertiary/aromatic N) is 2. The number of ether oxygens (including phenoxy) is 1. The summed E-state index contributed by atoms with van der Waals surface area (Å²) in [6.07, 6.45) is 0.484. The summed E-state index contributed by atoms with van der Waals surface area (Å²) < 4.78 is 5.63. The molecule has 0 aromatic heterocycles. The van der Waals surface area contributed by atoms with Crippen LogP contribution in [0, 0.1) is 0 Å². The highest BCUT2D eigenvalue weighted by Gasteiger charge is 2.22. The van der Waals surface area contributed by atoms with Gasteiger partial charge in [0.1, 0.15) is 5.75 Å². The van der Waals surface area contributed by atoms with Gasteiger partial charge in [0.05, 0.1) is 13.5 Å². The lowest BCUT2D eigenvalue weighted by Crippen LogP contribution is -2.48. The van der Waals surface area contributed by atoms with E-state index in [2.05, 4.69) is 41.3 Å². The summed E-state index contributed by atoms with van der Waals surface area (Å²) in [6.45, 7) is 4.16. The molecule has 0 aliphatic carbocycles. The fourth-order valence-corrected chi connectivity index (χ4v) is 3.93. The van der Waals surface area contributed by atoms with Crippen molar-refractivity contribution in [3.8, 4) is 5.75 Å². The second-order valence-electron chi connectivity index (χ2n) is 7.29. The molecule has 4 nitrogen and oxygen atoms in total. The van der Waals surface area contributed by atoms with Gasteiger partial charge in [0.25, 0.3) is 0 Å². The number of fused-ring (bicyclic) bond motifs is 1. The Kier molecular flexibility index (Phi) is 5.58. The average molecular weight is 374 g/mol. The summed E-state index contributed by atoms with van der Waals surface area (Å²) in [7, 11) is 1.73. The first kappa shape index (κ1) is 18.5. The van der Waals surface area contributed by atoms with Crippen molar-refractivity contribution in [2.24, 2.45) is 0 Å². The minimum Gasteiger partial charge on any atom is -0.496 e. The van der Waals surface area contributed by atoms with E-state index in [1.807, 2.05) is 35.2 Å². The van der Waals surface area contributed by atoms with E-state index in [-0.39, 0.29) is 5.91 Å². The van der Waals surface area contributed by atoms with E-state index in [1.54, 1.807) is 7.11 Å². The standard InChI is InChI=1S/C24H26N2O2/c1-28-23-12-11-20-9-5-6-10-21(20)22(23)18-25-13-15-26(16-14-25)24(27)17-19-7-3-2-4-8-19/h2-12H,13-18H2,1H3. The van der Waals surface area contributed by atoms with Crippen molar-refractivity contribution in [3.63, 3.8) is 0 Å². The number of methoxy groups -OCH3 is 1. The SMILES string of the molecule is COc1ccc2ccccc2c1CN1CCN(C(=O)Cc2ccccc2)CC1. The predicted octanol–water partition coefficient (Wildman–Crippen LogP) is 3.74. The molecule has 28 heavy (non-hydrogen) atoms. The Labute approximate surface area is 166 Å². The van der Waals surface area contributed by atoms with Gasteiger partial charge in [-0.25, -0.2) is 0 Å². The van der Waals surface area contributed by atoms with Gasteiger partial charge >= 0.3 is 0 Å². The molecule has 1 aliphatic heterocycles. The highest BCUT2D eigenvalue weighted by molar-refractivity contribution is 5.87. The normalized spacial score (nSPS) is 15.0. The summed E-state index contributed by atoms with van der Waals surface area (Å²) in [4.78, 5) is 17.0. The van der Waals surface area contributed by atoms with Crippen molar-refractivity contribution in [2.45, 2.75) is 13.0 Å². The van der Waals surface area contributed by atoms with E-state index >= 15 is 0 Å². The molecule has 1 aliphatic rings. The first-order chi connectivity index (χ1) is 13.7. The molecule has 0 spiro atoms. The van der Waals surface area contributed by atoms with Gasteiger partial charge in [0, 0.05) is 38.3 Å². The third-order valence-corrected chi connectivity index (χ3v) is 5.52. The molecule has 0 N–H and O–H groups in total. The van der Waals surface area contributed by atoms with Crippen LogP contribution in [0.3, 0.4) is 0 Å². The molecule has 3 aromatic carbocycles. The Morgan fingerprint density at radius 3 is 2.36 bits per heavy atom. The Bertz CT molecular complexity index is 947. The van der Waals surface area contributed by atoms with Gasteiger partial charge in [-0.1, -0.05) is 60.7 Å². The Morgan fingerprint density at radius 1 is 0.893 bits per heavy atom. The smallest absolute Gasteiger partial charge is 0.227 e. The predicted molar refractivity (Wildman–Crippen MR) is 113 cm³/mol. The first-order valence-corrected chi connectivity index (χ1v) is 9.83. The molecule has 1 fully saturated rings. The van der Waals surface area contributed by atoms with E-state index in [4.69, 9.17) is 4.74 Å². The van der Waals surface area contributed by atoms with Crippen molar-refractivity contribution in [2.75, 3.05) is 33.3 Å². The minimum atomic E-state index is 0.216.